The largest absolute Gasteiger partial charge is 0.494 e. The van der Waals surface area contributed by atoms with E-state index in [2.05, 4.69) is 15.1 Å². The summed E-state index contributed by atoms with van der Waals surface area (Å²) in [5.74, 6) is 2.62. The van der Waals surface area contributed by atoms with Gasteiger partial charge in [0, 0.05) is 24.7 Å². The molecule has 7 heteroatoms. The number of carbonyl (C=O) groups is 2. The zero-order valence-corrected chi connectivity index (χ0v) is 20.7. The van der Waals surface area contributed by atoms with Crippen molar-refractivity contribution < 1.29 is 19.1 Å². The van der Waals surface area contributed by atoms with Crippen LogP contribution < -0.4 is 14.8 Å². The Morgan fingerprint density at radius 3 is 2.00 bits per heavy atom. The summed E-state index contributed by atoms with van der Waals surface area (Å²) in [7, 11) is 0. The third kappa shape index (κ3) is 7.46. The summed E-state index contributed by atoms with van der Waals surface area (Å²) < 4.78 is 11.3. The van der Waals surface area contributed by atoms with E-state index in [1.807, 2.05) is 55.5 Å². The third-order valence-corrected chi connectivity index (χ3v) is 6.73. The average molecular weight is 480 g/mol. The van der Waals surface area contributed by atoms with Crippen molar-refractivity contribution in [3.05, 3.63) is 48.5 Å². The molecule has 0 bridgehead atoms. The van der Waals surface area contributed by atoms with Gasteiger partial charge in [-0.1, -0.05) is 12.8 Å². The van der Waals surface area contributed by atoms with E-state index in [9.17, 15) is 9.59 Å². The molecule has 7 nitrogen and oxygen atoms in total. The van der Waals surface area contributed by atoms with Crippen molar-refractivity contribution in [2.75, 3.05) is 44.6 Å². The van der Waals surface area contributed by atoms with Crippen molar-refractivity contribution >= 4 is 17.5 Å². The zero-order chi connectivity index (χ0) is 24.5. The Kier molecular flexibility index (Phi) is 9.01. The SMILES string of the molecule is CCOc1ccc(Oc2ccc(NC(=O)CN3CCC(C(=O)N4CCCCCC4)CC3)cc2)cc1. The van der Waals surface area contributed by atoms with Crippen LogP contribution in [-0.4, -0.2) is 60.9 Å². The van der Waals surface area contributed by atoms with Crippen molar-refractivity contribution in [3.63, 3.8) is 0 Å². The Morgan fingerprint density at radius 1 is 0.829 bits per heavy atom. The Morgan fingerprint density at radius 2 is 1.40 bits per heavy atom. The standard InChI is InChI=1S/C28H37N3O4/c1-2-34-24-11-13-26(14-12-24)35-25-9-7-23(8-10-25)29-27(32)21-30-19-15-22(16-20-30)28(33)31-17-5-3-4-6-18-31/h7-14,22H,2-6,15-21H2,1H3,(H,29,32). The number of likely N-dealkylation sites (tertiary alicyclic amines) is 2. The molecule has 0 aromatic heterocycles. The van der Waals surface area contributed by atoms with Gasteiger partial charge in [-0.15, -0.1) is 0 Å². The molecule has 0 unspecified atom stereocenters. The van der Waals surface area contributed by atoms with Crippen LogP contribution >= 0.6 is 0 Å². The lowest BCUT2D eigenvalue weighted by molar-refractivity contribution is -0.137. The number of piperidine rings is 1. The van der Waals surface area contributed by atoms with Gasteiger partial charge in [-0.3, -0.25) is 14.5 Å². The lowest BCUT2D eigenvalue weighted by Crippen LogP contribution is -2.44. The highest BCUT2D eigenvalue weighted by atomic mass is 16.5. The first-order valence-electron chi connectivity index (χ1n) is 12.9. The predicted octanol–water partition coefficient (Wildman–Crippen LogP) is 4.93. The van der Waals surface area contributed by atoms with Crippen molar-refractivity contribution in [2.45, 2.75) is 45.4 Å². The van der Waals surface area contributed by atoms with Gasteiger partial charge in [0.15, 0.2) is 0 Å². The van der Waals surface area contributed by atoms with E-state index in [-0.39, 0.29) is 11.8 Å². The van der Waals surface area contributed by atoms with E-state index >= 15 is 0 Å². The van der Waals surface area contributed by atoms with Crippen LogP contribution in [0.4, 0.5) is 5.69 Å². The molecular formula is C28H37N3O4. The number of carbonyl (C=O) groups excluding carboxylic acids is 2. The van der Waals surface area contributed by atoms with Crippen LogP contribution in [0.2, 0.25) is 0 Å². The van der Waals surface area contributed by atoms with E-state index in [0.717, 1.165) is 69.0 Å². The van der Waals surface area contributed by atoms with Gasteiger partial charge in [0.2, 0.25) is 11.8 Å². The maximum absolute atomic E-state index is 12.9. The van der Waals surface area contributed by atoms with Gasteiger partial charge in [0.1, 0.15) is 17.2 Å². The zero-order valence-electron chi connectivity index (χ0n) is 20.7. The molecule has 2 amide bonds. The Bertz CT molecular complexity index is 945. The molecule has 0 aliphatic carbocycles. The topological polar surface area (TPSA) is 71.1 Å². The molecule has 2 fully saturated rings. The number of nitrogens with one attached hydrogen (secondary N) is 1. The number of nitrogens with zero attached hydrogens (tertiary/aromatic N) is 2. The van der Waals surface area contributed by atoms with E-state index in [1.165, 1.54) is 12.8 Å². The first-order valence-corrected chi connectivity index (χ1v) is 12.9. The van der Waals surface area contributed by atoms with Crippen molar-refractivity contribution in [2.24, 2.45) is 5.92 Å². The lowest BCUT2D eigenvalue weighted by Gasteiger charge is -2.33. The van der Waals surface area contributed by atoms with E-state index < -0.39 is 0 Å². The minimum absolute atomic E-state index is 0.0394. The maximum atomic E-state index is 12.9. The Labute approximate surface area is 208 Å². The van der Waals surface area contributed by atoms with Crippen LogP contribution in [-0.2, 0) is 9.59 Å². The highest BCUT2D eigenvalue weighted by Gasteiger charge is 2.29. The molecule has 2 aliphatic heterocycles. The maximum Gasteiger partial charge on any atom is 0.238 e. The van der Waals surface area contributed by atoms with Gasteiger partial charge in [0.05, 0.1) is 13.2 Å². The molecule has 2 aromatic rings. The lowest BCUT2D eigenvalue weighted by atomic mass is 9.95. The van der Waals surface area contributed by atoms with E-state index in [4.69, 9.17) is 9.47 Å². The quantitative estimate of drug-likeness (QED) is 0.581. The second kappa shape index (κ2) is 12.6. The molecule has 0 saturated carbocycles. The van der Waals surface area contributed by atoms with Crippen LogP contribution in [0.25, 0.3) is 0 Å². The fraction of sp³-hybridized carbons (Fsp3) is 0.500. The summed E-state index contributed by atoms with van der Waals surface area (Å²) in [6.07, 6.45) is 6.38. The van der Waals surface area contributed by atoms with E-state index in [1.54, 1.807) is 0 Å². The monoisotopic (exact) mass is 479 g/mol. The normalized spacial score (nSPS) is 17.5. The second-order valence-electron chi connectivity index (χ2n) is 9.37. The highest BCUT2D eigenvalue weighted by molar-refractivity contribution is 5.92. The minimum Gasteiger partial charge on any atom is -0.494 e. The van der Waals surface area contributed by atoms with E-state index in [0.29, 0.717) is 24.8 Å². The molecule has 0 radical (unpaired) electrons. The average Bonchev–Trinajstić information content (AvgIpc) is 3.16. The summed E-state index contributed by atoms with van der Waals surface area (Å²) in [5.41, 5.74) is 0.736. The predicted molar refractivity (Wildman–Crippen MR) is 137 cm³/mol. The summed E-state index contributed by atoms with van der Waals surface area (Å²) >= 11 is 0. The smallest absolute Gasteiger partial charge is 0.238 e. The van der Waals surface area contributed by atoms with Crippen molar-refractivity contribution in [1.29, 1.82) is 0 Å². The van der Waals surface area contributed by atoms with Gasteiger partial charge >= 0.3 is 0 Å². The molecule has 2 heterocycles. The highest BCUT2D eigenvalue weighted by Crippen LogP contribution is 2.25. The number of anilines is 1. The van der Waals surface area contributed by atoms with Crippen LogP contribution in [0.3, 0.4) is 0 Å². The molecule has 4 rings (SSSR count). The van der Waals surface area contributed by atoms with Crippen molar-refractivity contribution in [3.8, 4) is 17.2 Å². The molecule has 2 saturated heterocycles. The summed E-state index contributed by atoms with van der Waals surface area (Å²) in [6.45, 7) is 6.31. The van der Waals surface area contributed by atoms with Crippen molar-refractivity contribution in [1.82, 2.24) is 9.80 Å². The third-order valence-electron chi connectivity index (χ3n) is 6.73. The van der Waals surface area contributed by atoms with Gasteiger partial charge in [-0.2, -0.15) is 0 Å². The fourth-order valence-corrected chi connectivity index (χ4v) is 4.80. The second-order valence-corrected chi connectivity index (χ2v) is 9.37. The Hall–Kier alpha value is -3.06. The minimum atomic E-state index is -0.0394. The van der Waals surface area contributed by atoms with Crippen LogP contribution in [0.1, 0.15) is 45.4 Å². The number of ether oxygens (including phenoxy) is 2. The molecule has 188 valence electrons. The molecule has 2 aliphatic rings. The molecule has 35 heavy (non-hydrogen) atoms. The number of rotatable bonds is 8. The van der Waals surface area contributed by atoms with Gasteiger partial charge < -0.3 is 19.7 Å². The Balaban J connectivity index is 1.19. The van der Waals surface area contributed by atoms with Crippen LogP contribution in [0.15, 0.2) is 48.5 Å². The molecule has 0 spiro atoms. The number of hydrogen-bond acceptors (Lipinski definition) is 5. The number of benzene rings is 2. The van der Waals surface area contributed by atoms with Crippen LogP contribution in [0, 0.1) is 5.92 Å². The number of amides is 2. The summed E-state index contributed by atoms with van der Waals surface area (Å²) in [4.78, 5) is 29.7. The summed E-state index contributed by atoms with van der Waals surface area (Å²) in [6, 6.07) is 14.8. The summed E-state index contributed by atoms with van der Waals surface area (Å²) in [5, 5.41) is 2.97. The van der Waals surface area contributed by atoms with Crippen LogP contribution in [0.5, 0.6) is 17.2 Å². The van der Waals surface area contributed by atoms with Gasteiger partial charge in [-0.05, 0) is 94.2 Å². The molecule has 1 N–H and O–H groups in total. The fourth-order valence-electron chi connectivity index (χ4n) is 4.80. The first kappa shape index (κ1) is 25.0. The van der Waals surface area contributed by atoms with Gasteiger partial charge in [-0.25, -0.2) is 0 Å². The molecule has 2 aromatic carbocycles. The number of hydrogen-bond donors (Lipinski definition) is 1. The first-order chi connectivity index (χ1) is 17.1. The molecular weight excluding hydrogens is 442 g/mol. The molecule has 0 atom stereocenters. The van der Waals surface area contributed by atoms with Gasteiger partial charge in [0.25, 0.3) is 0 Å².